The average Bonchev–Trinajstić information content (AvgIpc) is 2.44. The van der Waals surface area contributed by atoms with E-state index < -0.39 is 24.6 Å². The lowest BCUT2D eigenvalue weighted by molar-refractivity contribution is -0.140. The van der Waals surface area contributed by atoms with Gasteiger partial charge in [-0.05, 0) is 31.4 Å². The number of carboxylic acids is 1. The largest absolute Gasteiger partial charge is 0.480 e. The Hall–Kier alpha value is -2.08. The van der Waals surface area contributed by atoms with Crippen molar-refractivity contribution in [2.24, 2.45) is 0 Å². The molecule has 108 valence electrons. The number of carbonyl (C=O) groups excluding carboxylic acids is 1. The van der Waals surface area contributed by atoms with Crippen molar-refractivity contribution in [1.29, 1.82) is 0 Å². The summed E-state index contributed by atoms with van der Waals surface area (Å²) in [4.78, 5) is 24.7. The Morgan fingerprint density at radius 3 is 2.80 bits per heavy atom. The second-order valence-electron chi connectivity index (χ2n) is 4.91. The molecule has 0 bridgehead atoms. The van der Waals surface area contributed by atoms with Crippen LogP contribution in [0.1, 0.15) is 18.9 Å². The van der Waals surface area contributed by atoms with Gasteiger partial charge in [-0.25, -0.2) is 9.59 Å². The smallest absolute Gasteiger partial charge is 0.328 e. The van der Waals surface area contributed by atoms with Crippen LogP contribution >= 0.6 is 0 Å². The molecule has 2 rings (SSSR count). The zero-order valence-corrected chi connectivity index (χ0v) is 11.2. The normalized spacial score (nSPS) is 19.1. The quantitative estimate of drug-likeness (QED) is 0.769. The second-order valence-corrected chi connectivity index (χ2v) is 4.91. The molecule has 0 aliphatic carbocycles. The van der Waals surface area contributed by atoms with Gasteiger partial charge < -0.3 is 15.5 Å². The summed E-state index contributed by atoms with van der Waals surface area (Å²) in [5.74, 6) is -1.25. The van der Waals surface area contributed by atoms with E-state index in [1.807, 2.05) is 31.2 Å². The van der Waals surface area contributed by atoms with Gasteiger partial charge in [0, 0.05) is 11.7 Å². The third-order valence-electron chi connectivity index (χ3n) is 3.52. The molecule has 1 aromatic rings. The van der Waals surface area contributed by atoms with E-state index in [0.29, 0.717) is 0 Å². The number of nitrogens with zero attached hydrogens (tertiary/aromatic N) is 1. The van der Waals surface area contributed by atoms with E-state index >= 15 is 0 Å². The first-order valence-corrected chi connectivity index (χ1v) is 6.56. The molecular weight excluding hydrogens is 260 g/mol. The minimum absolute atomic E-state index is 0.0157. The minimum Gasteiger partial charge on any atom is -0.480 e. The number of aryl methyl sites for hydroxylation is 1. The van der Waals surface area contributed by atoms with Crippen molar-refractivity contribution >= 4 is 17.7 Å². The van der Waals surface area contributed by atoms with Gasteiger partial charge in [-0.2, -0.15) is 0 Å². The van der Waals surface area contributed by atoms with Crippen LogP contribution in [0.4, 0.5) is 10.5 Å². The van der Waals surface area contributed by atoms with E-state index in [9.17, 15) is 9.59 Å². The number of aliphatic hydroxyl groups excluding tert-OH is 1. The maximum Gasteiger partial charge on any atom is 0.328 e. The van der Waals surface area contributed by atoms with E-state index in [0.717, 1.165) is 24.1 Å². The highest BCUT2D eigenvalue weighted by Gasteiger charge is 2.30. The van der Waals surface area contributed by atoms with Crippen LogP contribution in [0.5, 0.6) is 0 Å². The van der Waals surface area contributed by atoms with Crippen LogP contribution in [0.2, 0.25) is 0 Å². The molecule has 0 spiro atoms. The van der Waals surface area contributed by atoms with E-state index in [1.54, 1.807) is 4.90 Å². The molecule has 3 N–H and O–H groups in total. The van der Waals surface area contributed by atoms with Crippen molar-refractivity contribution in [1.82, 2.24) is 5.32 Å². The summed E-state index contributed by atoms with van der Waals surface area (Å²) in [5, 5.41) is 20.2. The summed E-state index contributed by atoms with van der Waals surface area (Å²) in [7, 11) is 0. The molecule has 1 unspecified atom stereocenters. The topological polar surface area (TPSA) is 89.9 Å². The minimum atomic E-state index is -1.29. The van der Waals surface area contributed by atoms with Gasteiger partial charge in [0.2, 0.25) is 0 Å². The Balaban J connectivity index is 2.23. The Morgan fingerprint density at radius 2 is 2.15 bits per heavy atom. The molecule has 0 radical (unpaired) electrons. The van der Waals surface area contributed by atoms with Crippen LogP contribution in [-0.4, -0.2) is 40.9 Å². The van der Waals surface area contributed by atoms with Crippen LogP contribution in [0.15, 0.2) is 24.3 Å². The lowest BCUT2D eigenvalue weighted by Crippen LogP contribution is -2.53. The molecular formula is C14H18N2O4. The third kappa shape index (κ3) is 2.75. The molecule has 1 heterocycles. The number of carboxylic acid groups (broad SMARTS) is 1. The highest BCUT2D eigenvalue weighted by molar-refractivity contribution is 5.96. The van der Waals surface area contributed by atoms with Crippen LogP contribution in [0.3, 0.4) is 0 Å². The van der Waals surface area contributed by atoms with Crippen LogP contribution in [-0.2, 0) is 11.2 Å². The summed E-state index contributed by atoms with van der Waals surface area (Å²) in [6, 6.07) is 5.77. The summed E-state index contributed by atoms with van der Waals surface area (Å²) in [5.41, 5.74) is 1.86. The van der Waals surface area contributed by atoms with Gasteiger partial charge in [0.1, 0.15) is 0 Å². The first kappa shape index (κ1) is 14.3. The number of fused-ring (bicyclic) bond motifs is 1. The lowest BCUT2D eigenvalue weighted by Gasteiger charge is -2.35. The highest BCUT2D eigenvalue weighted by Crippen LogP contribution is 2.30. The van der Waals surface area contributed by atoms with Crippen molar-refractivity contribution in [3.05, 3.63) is 29.8 Å². The number of hydrogen-bond donors (Lipinski definition) is 3. The number of amides is 2. The Bertz CT molecular complexity index is 518. The fourth-order valence-electron chi connectivity index (χ4n) is 2.40. The van der Waals surface area contributed by atoms with Gasteiger partial charge in [0.25, 0.3) is 0 Å². The van der Waals surface area contributed by atoms with E-state index in [-0.39, 0.29) is 6.04 Å². The maximum atomic E-state index is 12.3. The molecule has 6 nitrogen and oxygen atoms in total. The number of rotatable bonds is 3. The first-order chi connectivity index (χ1) is 9.54. The number of aliphatic carboxylic acids is 1. The SMILES string of the molecule is CC1CCc2ccccc2N1C(=O)N[C@@H](CO)C(=O)O. The molecule has 0 saturated heterocycles. The summed E-state index contributed by atoms with van der Waals surface area (Å²) >= 11 is 0. The molecule has 20 heavy (non-hydrogen) atoms. The van der Waals surface area contributed by atoms with Gasteiger partial charge in [-0.3, -0.25) is 4.90 Å². The van der Waals surface area contributed by atoms with Crippen molar-refractivity contribution in [2.45, 2.75) is 31.8 Å². The second kappa shape index (κ2) is 5.92. The molecule has 1 aliphatic heterocycles. The number of hydrogen-bond acceptors (Lipinski definition) is 3. The number of carbonyl (C=O) groups is 2. The predicted octanol–water partition coefficient (Wildman–Crippen LogP) is 0.983. The molecule has 0 fully saturated rings. The molecule has 0 aromatic heterocycles. The van der Waals surface area contributed by atoms with Gasteiger partial charge in [-0.1, -0.05) is 18.2 Å². The van der Waals surface area contributed by atoms with Gasteiger partial charge in [0.15, 0.2) is 6.04 Å². The molecule has 0 saturated carbocycles. The summed E-state index contributed by atoms with van der Waals surface area (Å²) in [6.45, 7) is 1.29. The zero-order chi connectivity index (χ0) is 14.7. The van der Waals surface area contributed by atoms with E-state index in [2.05, 4.69) is 5.32 Å². The Kier molecular flexibility index (Phi) is 4.24. The van der Waals surface area contributed by atoms with Gasteiger partial charge in [0.05, 0.1) is 6.61 Å². The van der Waals surface area contributed by atoms with Crippen molar-refractivity contribution in [2.75, 3.05) is 11.5 Å². The number of benzene rings is 1. The number of aliphatic hydroxyl groups is 1. The average molecular weight is 278 g/mol. The number of para-hydroxylation sites is 1. The monoisotopic (exact) mass is 278 g/mol. The lowest BCUT2D eigenvalue weighted by atomic mass is 9.97. The Morgan fingerprint density at radius 1 is 1.45 bits per heavy atom. The predicted molar refractivity (Wildman–Crippen MR) is 73.7 cm³/mol. The number of nitrogens with one attached hydrogen (secondary N) is 1. The third-order valence-corrected chi connectivity index (χ3v) is 3.52. The van der Waals surface area contributed by atoms with E-state index in [4.69, 9.17) is 10.2 Å². The summed E-state index contributed by atoms with van der Waals surface area (Å²) < 4.78 is 0. The van der Waals surface area contributed by atoms with Gasteiger partial charge in [-0.15, -0.1) is 0 Å². The number of anilines is 1. The summed E-state index contributed by atoms with van der Waals surface area (Å²) in [6.07, 6.45) is 1.71. The standard InChI is InChI=1S/C14H18N2O4/c1-9-6-7-10-4-2-3-5-12(10)16(9)14(20)15-11(8-17)13(18)19/h2-5,9,11,17H,6-8H2,1H3,(H,15,20)(H,18,19)/t9?,11-/m0/s1. The Labute approximate surface area is 117 Å². The molecule has 1 aromatic carbocycles. The maximum absolute atomic E-state index is 12.3. The van der Waals surface area contributed by atoms with Gasteiger partial charge >= 0.3 is 12.0 Å². The zero-order valence-electron chi connectivity index (χ0n) is 11.2. The van der Waals surface area contributed by atoms with Crippen LogP contribution in [0.25, 0.3) is 0 Å². The van der Waals surface area contributed by atoms with Crippen molar-refractivity contribution < 1.29 is 19.8 Å². The fourth-order valence-corrected chi connectivity index (χ4v) is 2.40. The molecule has 2 atom stereocenters. The highest BCUT2D eigenvalue weighted by atomic mass is 16.4. The fraction of sp³-hybridized carbons (Fsp3) is 0.429. The van der Waals surface area contributed by atoms with E-state index in [1.165, 1.54) is 0 Å². The van der Waals surface area contributed by atoms with Crippen LogP contribution in [0, 0.1) is 0 Å². The van der Waals surface area contributed by atoms with Crippen molar-refractivity contribution in [3.63, 3.8) is 0 Å². The molecule has 1 aliphatic rings. The molecule has 2 amide bonds. The van der Waals surface area contributed by atoms with Crippen LogP contribution < -0.4 is 10.2 Å². The number of urea groups is 1. The first-order valence-electron chi connectivity index (χ1n) is 6.56. The van der Waals surface area contributed by atoms with Crippen molar-refractivity contribution in [3.8, 4) is 0 Å². The molecule has 6 heteroatoms.